The second kappa shape index (κ2) is 8.51. The van der Waals surface area contributed by atoms with Crippen LogP contribution >= 0.6 is 0 Å². The van der Waals surface area contributed by atoms with Crippen molar-refractivity contribution in [2.45, 2.75) is 37.8 Å². The molecule has 2 atom stereocenters. The Bertz CT molecular complexity index is 630. The van der Waals surface area contributed by atoms with Crippen LogP contribution in [0.5, 0.6) is 5.75 Å². The zero-order valence-electron chi connectivity index (χ0n) is 14.9. The fourth-order valence-electron chi connectivity index (χ4n) is 3.30. The van der Waals surface area contributed by atoms with Crippen LogP contribution in [0.15, 0.2) is 24.3 Å². The van der Waals surface area contributed by atoms with Crippen LogP contribution in [-0.4, -0.2) is 60.2 Å². The van der Waals surface area contributed by atoms with Gasteiger partial charge in [0.2, 0.25) is 0 Å². The Morgan fingerprint density at radius 1 is 1.23 bits per heavy atom. The number of nitrogens with two attached hydrogens (primary N) is 1. The van der Waals surface area contributed by atoms with Gasteiger partial charge < -0.3 is 25.8 Å². The van der Waals surface area contributed by atoms with Gasteiger partial charge in [-0.1, -0.05) is 0 Å². The lowest BCUT2D eigenvalue weighted by molar-refractivity contribution is -0.119. The summed E-state index contributed by atoms with van der Waals surface area (Å²) in [7, 11) is 0. The second-order valence-corrected chi connectivity index (χ2v) is 7.27. The van der Waals surface area contributed by atoms with Crippen molar-refractivity contribution in [1.29, 1.82) is 0 Å². The van der Waals surface area contributed by atoms with Crippen LogP contribution in [0, 0.1) is 5.92 Å². The third kappa shape index (κ3) is 5.44. The first-order chi connectivity index (χ1) is 12.5. The molecule has 7 heteroatoms. The molecule has 1 heterocycles. The first kappa shape index (κ1) is 18.7. The molecule has 0 aromatic heterocycles. The highest BCUT2D eigenvalue weighted by Crippen LogP contribution is 2.30. The highest BCUT2D eigenvalue weighted by atomic mass is 16.5. The van der Waals surface area contributed by atoms with Gasteiger partial charge in [0, 0.05) is 18.7 Å². The number of aliphatic hydroxyl groups excluding tert-OH is 1. The summed E-state index contributed by atoms with van der Waals surface area (Å²) in [6.45, 7) is 2.52. The van der Waals surface area contributed by atoms with E-state index in [2.05, 4.69) is 10.2 Å². The molecule has 4 N–H and O–H groups in total. The first-order valence-electron chi connectivity index (χ1n) is 9.23. The van der Waals surface area contributed by atoms with Crippen molar-refractivity contribution in [3.8, 4) is 5.75 Å². The maximum absolute atomic E-state index is 12.5. The smallest absolute Gasteiger partial charge is 0.255 e. The van der Waals surface area contributed by atoms with Crippen LogP contribution in [-0.2, 0) is 4.79 Å². The van der Waals surface area contributed by atoms with E-state index in [1.165, 1.54) is 12.8 Å². The Labute approximate surface area is 153 Å². The van der Waals surface area contributed by atoms with Crippen LogP contribution in [0.1, 0.15) is 36.0 Å². The molecule has 7 nitrogen and oxygen atoms in total. The molecule has 1 saturated heterocycles. The SMILES string of the molecule is NC(=O)COc1ccc(C(=O)N[C@H]2CN(CC3CC3)CCC[C@H]2O)cc1. The minimum atomic E-state index is -0.551. The summed E-state index contributed by atoms with van der Waals surface area (Å²) >= 11 is 0. The van der Waals surface area contributed by atoms with Crippen molar-refractivity contribution in [3.05, 3.63) is 29.8 Å². The van der Waals surface area contributed by atoms with Crippen molar-refractivity contribution < 1.29 is 19.4 Å². The van der Waals surface area contributed by atoms with Gasteiger partial charge in [0.15, 0.2) is 6.61 Å². The lowest BCUT2D eigenvalue weighted by Gasteiger charge is -2.27. The molecule has 1 aliphatic heterocycles. The van der Waals surface area contributed by atoms with Crippen molar-refractivity contribution in [2.24, 2.45) is 11.7 Å². The quantitative estimate of drug-likeness (QED) is 0.657. The van der Waals surface area contributed by atoms with Gasteiger partial charge in [0.25, 0.3) is 11.8 Å². The van der Waals surface area contributed by atoms with Crippen LogP contribution in [0.4, 0.5) is 0 Å². The number of ether oxygens (including phenoxy) is 1. The summed E-state index contributed by atoms with van der Waals surface area (Å²) in [6.07, 6.45) is 3.71. The molecule has 2 fully saturated rings. The van der Waals surface area contributed by atoms with Crippen molar-refractivity contribution in [3.63, 3.8) is 0 Å². The Hall–Kier alpha value is -2.12. The van der Waals surface area contributed by atoms with Gasteiger partial charge in [-0.05, 0) is 62.4 Å². The molecule has 1 aromatic rings. The minimum Gasteiger partial charge on any atom is -0.484 e. The molecule has 2 amide bonds. The number of carbonyl (C=O) groups excluding carboxylic acids is 2. The largest absolute Gasteiger partial charge is 0.484 e. The number of hydrogen-bond donors (Lipinski definition) is 3. The predicted octanol–water partition coefficient (Wildman–Crippen LogP) is 0.516. The number of rotatable bonds is 7. The summed E-state index contributed by atoms with van der Waals surface area (Å²) in [4.78, 5) is 25.6. The maximum Gasteiger partial charge on any atom is 0.255 e. The van der Waals surface area contributed by atoms with E-state index in [4.69, 9.17) is 10.5 Å². The molecule has 0 bridgehead atoms. The highest BCUT2D eigenvalue weighted by Gasteiger charge is 2.30. The van der Waals surface area contributed by atoms with Crippen LogP contribution in [0.25, 0.3) is 0 Å². The van der Waals surface area contributed by atoms with E-state index in [9.17, 15) is 14.7 Å². The van der Waals surface area contributed by atoms with Gasteiger partial charge in [-0.3, -0.25) is 9.59 Å². The van der Waals surface area contributed by atoms with E-state index in [0.717, 1.165) is 25.4 Å². The minimum absolute atomic E-state index is 0.198. The zero-order chi connectivity index (χ0) is 18.5. The number of nitrogens with one attached hydrogen (secondary N) is 1. The van der Waals surface area contributed by atoms with E-state index < -0.39 is 12.0 Å². The maximum atomic E-state index is 12.5. The van der Waals surface area contributed by atoms with Crippen LogP contribution in [0.2, 0.25) is 0 Å². The van der Waals surface area contributed by atoms with E-state index in [-0.39, 0.29) is 18.6 Å². The van der Waals surface area contributed by atoms with E-state index in [1.807, 2.05) is 0 Å². The average molecular weight is 361 g/mol. The summed E-state index contributed by atoms with van der Waals surface area (Å²) in [5.74, 6) is 0.494. The number of benzene rings is 1. The molecule has 2 aliphatic rings. The molecular weight excluding hydrogens is 334 g/mol. The topological polar surface area (TPSA) is 105 Å². The van der Waals surface area contributed by atoms with Crippen molar-refractivity contribution in [2.75, 3.05) is 26.2 Å². The van der Waals surface area contributed by atoms with E-state index in [1.54, 1.807) is 24.3 Å². The highest BCUT2D eigenvalue weighted by molar-refractivity contribution is 5.94. The monoisotopic (exact) mass is 361 g/mol. The standard InChI is InChI=1S/C19H27N3O4/c20-18(24)12-26-15-7-5-14(6-8-15)19(25)21-16-11-22(10-13-3-4-13)9-1-2-17(16)23/h5-8,13,16-17,23H,1-4,9-12H2,(H2,20,24)(H,21,25)/t16-,17+/m0/s1. The number of carbonyl (C=O) groups is 2. The van der Waals surface area contributed by atoms with Gasteiger partial charge in [-0.25, -0.2) is 0 Å². The summed E-state index contributed by atoms with van der Waals surface area (Å²) < 4.78 is 5.19. The van der Waals surface area contributed by atoms with Gasteiger partial charge >= 0.3 is 0 Å². The van der Waals surface area contributed by atoms with Crippen molar-refractivity contribution >= 4 is 11.8 Å². The third-order valence-corrected chi connectivity index (χ3v) is 4.92. The zero-order valence-corrected chi connectivity index (χ0v) is 14.9. The molecule has 0 radical (unpaired) electrons. The Morgan fingerprint density at radius 2 is 1.96 bits per heavy atom. The second-order valence-electron chi connectivity index (χ2n) is 7.27. The van der Waals surface area contributed by atoms with Gasteiger partial charge in [-0.2, -0.15) is 0 Å². The van der Waals surface area contributed by atoms with Gasteiger partial charge in [0.1, 0.15) is 5.75 Å². The Kier molecular flexibility index (Phi) is 6.11. The molecule has 142 valence electrons. The van der Waals surface area contributed by atoms with Crippen molar-refractivity contribution in [1.82, 2.24) is 10.2 Å². The van der Waals surface area contributed by atoms with Crippen LogP contribution in [0.3, 0.4) is 0 Å². The first-order valence-corrected chi connectivity index (χ1v) is 9.23. The predicted molar refractivity (Wildman–Crippen MR) is 96.8 cm³/mol. The number of primary amides is 1. The molecule has 3 rings (SSSR count). The lowest BCUT2D eigenvalue weighted by Crippen LogP contribution is -2.49. The van der Waals surface area contributed by atoms with E-state index >= 15 is 0 Å². The molecular formula is C19H27N3O4. The normalized spacial score (nSPS) is 23.9. The molecule has 1 aliphatic carbocycles. The van der Waals surface area contributed by atoms with Gasteiger partial charge in [-0.15, -0.1) is 0 Å². The van der Waals surface area contributed by atoms with Crippen LogP contribution < -0.4 is 15.8 Å². The van der Waals surface area contributed by atoms with Gasteiger partial charge in [0.05, 0.1) is 12.1 Å². The Morgan fingerprint density at radius 3 is 2.62 bits per heavy atom. The molecule has 0 unspecified atom stereocenters. The fraction of sp³-hybridized carbons (Fsp3) is 0.579. The lowest BCUT2D eigenvalue weighted by atomic mass is 10.1. The average Bonchev–Trinajstić information content (AvgIpc) is 3.44. The number of hydrogen-bond acceptors (Lipinski definition) is 5. The number of nitrogens with zero attached hydrogens (tertiary/aromatic N) is 1. The number of amides is 2. The van der Waals surface area contributed by atoms with E-state index in [0.29, 0.717) is 24.3 Å². The Balaban J connectivity index is 1.56. The molecule has 1 saturated carbocycles. The summed E-state index contributed by atoms with van der Waals surface area (Å²) in [5, 5.41) is 13.3. The molecule has 1 aromatic carbocycles. The fourth-order valence-corrected chi connectivity index (χ4v) is 3.30. The third-order valence-electron chi connectivity index (χ3n) is 4.92. The summed E-state index contributed by atoms with van der Waals surface area (Å²) in [5.41, 5.74) is 5.53. The summed E-state index contributed by atoms with van der Waals surface area (Å²) in [6, 6.07) is 6.25. The molecule has 26 heavy (non-hydrogen) atoms. The molecule has 0 spiro atoms. The number of aliphatic hydroxyl groups is 1. The number of likely N-dealkylation sites (tertiary alicyclic amines) is 1.